The zero-order valence-corrected chi connectivity index (χ0v) is 11.5. The predicted octanol–water partition coefficient (Wildman–Crippen LogP) is 3.95. The molecule has 104 valence electrons. The zero-order chi connectivity index (χ0) is 14.7. The molecule has 4 nitrogen and oxygen atoms in total. The molecule has 0 radical (unpaired) electrons. The molecule has 3 aromatic rings. The Balaban J connectivity index is 1.97. The Hall–Kier alpha value is -2.88. The number of aryl methyl sites for hydroxylation is 1. The zero-order valence-electron chi connectivity index (χ0n) is 11.5. The first-order valence-corrected chi connectivity index (χ1v) is 6.59. The normalized spacial score (nSPS) is 10.3. The Morgan fingerprint density at radius 3 is 2.38 bits per heavy atom. The van der Waals surface area contributed by atoms with Crippen LogP contribution in [-0.4, -0.2) is 15.1 Å². The third-order valence-corrected chi connectivity index (χ3v) is 2.94. The lowest BCUT2D eigenvalue weighted by atomic mass is 10.2. The summed E-state index contributed by atoms with van der Waals surface area (Å²) < 4.78 is 5.65. The summed E-state index contributed by atoms with van der Waals surface area (Å²) in [6, 6.07) is 18.2. The van der Waals surface area contributed by atoms with Crippen molar-refractivity contribution < 1.29 is 9.84 Å². The number of para-hydroxylation sites is 2. The van der Waals surface area contributed by atoms with Crippen LogP contribution < -0.4 is 4.74 Å². The van der Waals surface area contributed by atoms with E-state index in [0.29, 0.717) is 17.5 Å². The first kappa shape index (κ1) is 13.1. The van der Waals surface area contributed by atoms with E-state index >= 15 is 0 Å². The second-order valence-electron chi connectivity index (χ2n) is 4.61. The van der Waals surface area contributed by atoms with E-state index in [9.17, 15) is 5.11 Å². The number of aromatic nitrogens is 2. The van der Waals surface area contributed by atoms with Crippen LogP contribution in [0.5, 0.6) is 17.4 Å². The molecular formula is C17H14N2O2. The van der Waals surface area contributed by atoms with Gasteiger partial charge in [-0.1, -0.05) is 42.5 Å². The van der Waals surface area contributed by atoms with Gasteiger partial charge in [-0.3, -0.25) is 0 Å². The van der Waals surface area contributed by atoms with Gasteiger partial charge >= 0.3 is 0 Å². The van der Waals surface area contributed by atoms with Gasteiger partial charge in [0.05, 0.1) is 0 Å². The number of hydrogen-bond acceptors (Lipinski definition) is 4. The van der Waals surface area contributed by atoms with Gasteiger partial charge in [0.25, 0.3) is 0 Å². The molecule has 1 N–H and O–H groups in total. The highest BCUT2D eigenvalue weighted by atomic mass is 16.5. The molecular weight excluding hydrogens is 264 g/mol. The van der Waals surface area contributed by atoms with E-state index in [1.54, 1.807) is 30.3 Å². The molecule has 0 bridgehead atoms. The Morgan fingerprint density at radius 1 is 0.905 bits per heavy atom. The number of hydrogen-bond donors (Lipinski definition) is 1. The first-order valence-electron chi connectivity index (χ1n) is 6.59. The van der Waals surface area contributed by atoms with Crippen molar-refractivity contribution in [3.05, 3.63) is 66.4 Å². The summed E-state index contributed by atoms with van der Waals surface area (Å²) in [6.45, 7) is 1.88. The lowest BCUT2D eigenvalue weighted by Gasteiger charge is -2.09. The van der Waals surface area contributed by atoms with E-state index in [1.807, 2.05) is 37.3 Å². The van der Waals surface area contributed by atoms with E-state index in [4.69, 9.17) is 4.74 Å². The number of benzene rings is 2. The minimum absolute atomic E-state index is 0.0787. The van der Waals surface area contributed by atoms with E-state index in [1.165, 1.54) is 0 Å². The van der Waals surface area contributed by atoms with Crippen LogP contribution in [0.1, 0.15) is 5.69 Å². The maximum absolute atomic E-state index is 9.76. The van der Waals surface area contributed by atoms with Gasteiger partial charge in [0.15, 0.2) is 17.3 Å². The highest BCUT2D eigenvalue weighted by molar-refractivity contribution is 5.55. The molecule has 4 heteroatoms. The van der Waals surface area contributed by atoms with Gasteiger partial charge in [0, 0.05) is 17.3 Å². The number of phenolic OH excluding ortho intramolecular Hbond substituents is 1. The van der Waals surface area contributed by atoms with E-state index in [2.05, 4.69) is 9.97 Å². The van der Waals surface area contributed by atoms with Crippen molar-refractivity contribution >= 4 is 0 Å². The van der Waals surface area contributed by atoms with Crippen molar-refractivity contribution in [2.45, 2.75) is 6.92 Å². The lowest BCUT2D eigenvalue weighted by Crippen LogP contribution is -1.96. The van der Waals surface area contributed by atoms with Crippen molar-refractivity contribution in [1.29, 1.82) is 0 Å². The molecule has 0 amide bonds. The van der Waals surface area contributed by atoms with Gasteiger partial charge in [-0.2, -0.15) is 4.98 Å². The molecule has 0 aliphatic rings. The second kappa shape index (κ2) is 5.63. The second-order valence-corrected chi connectivity index (χ2v) is 4.61. The summed E-state index contributed by atoms with van der Waals surface area (Å²) in [5, 5.41) is 9.76. The third-order valence-electron chi connectivity index (χ3n) is 2.94. The number of nitrogens with zero attached hydrogens (tertiary/aromatic N) is 2. The summed E-state index contributed by atoms with van der Waals surface area (Å²) in [6.07, 6.45) is 0. The van der Waals surface area contributed by atoms with Crippen molar-refractivity contribution in [3.8, 4) is 28.8 Å². The summed E-state index contributed by atoms with van der Waals surface area (Å²) in [4.78, 5) is 8.81. The fraction of sp³-hybridized carbons (Fsp3) is 0.0588. The van der Waals surface area contributed by atoms with Gasteiger partial charge < -0.3 is 9.84 Å². The van der Waals surface area contributed by atoms with Crippen LogP contribution in [0.2, 0.25) is 0 Å². The highest BCUT2D eigenvalue weighted by Crippen LogP contribution is 2.30. The quantitative estimate of drug-likeness (QED) is 0.788. The number of ether oxygens (including phenoxy) is 1. The molecule has 0 unspecified atom stereocenters. The maximum atomic E-state index is 9.76. The minimum Gasteiger partial charge on any atom is -0.504 e. The predicted molar refractivity (Wildman–Crippen MR) is 80.4 cm³/mol. The first-order chi connectivity index (χ1) is 10.2. The van der Waals surface area contributed by atoms with Crippen LogP contribution in [0.3, 0.4) is 0 Å². The monoisotopic (exact) mass is 278 g/mol. The molecule has 0 aliphatic carbocycles. The average Bonchev–Trinajstić information content (AvgIpc) is 2.50. The number of rotatable bonds is 3. The molecule has 0 saturated carbocycles. The van der Waals surface area contributed by atoms with Crippen LogP contribution in [-0.2, 0) is 0 Å². The Kier molecular flexibility index (Phi) is 3.51. The van der Waals surface area contributed by atoms with Crippen molar-refractivity contribution in [2.75, 3.05) is 0 Å². The average molecular weight is 278 g/mol. The summed E-state index contributed by atoms with van der Waals surface area (Å²) >= 11 is 0. The van der Waals surface area contributed by atoms with Crippen molar-refractivity contribution in [2.24, 2.45) is 0 Å². The summed E-state index contributed by atoms with van der Waals surface area (Å²) in [5.41, 5.74) is 1.72. The van der Waals surface area contributed by atoms with Gasteiger partial charge in [-0.25, -0.2) is 4.98 Å². The number of phenols is 1. The largest absolute Gasteiger partial charge is 0.504 e. The lowest BCUT2D eigenvalue weighted by molar-refractivity contribution is 0.402. The molecule has 3 rings (SSSR count). The molecule has 0 saturated heterocycles. The molecule has 2 aromatic carbocycles. The number of aromatic hydroxyl groups is 1. The molecule has 0 spiro atoms. The Bertz CT molecular complexity index is 758. The standard InChI is InChI=1S/C17H14N2O2/c1-12-11-16(21-15-10-6-5-9-14(15)20)19-17(18-12)13-7-3-2-4-8-13/h2-11,20H,1H3. The highest BCUT2D eigenvalue weighted by Gasteiger charge is 2.08. The van der Waals surface area contributed by atoms with E-state index < -0.39 is 0 Å². The van der Waals surface area contributed by atoms with Crippen LogP contribution >= 0.6 is 0 Å². The van der Waals surface area contributed by atoms with Crippen LogP contribution in [0.25, 0.3) is 11.4 Å². The molecule has 1 aromatic heterocycles. The molecule has 0 atom stereocenters. The van der Waals surface area contributed by atoms with E-state index in [0.717, 1.165) is 11.3 Å². The third kappa shape index (κ3) is 3.00. The van der Waals surface area contributed by atoms with Crippen LogP contribution in [0, 0.1) is 6.92 Å². The molecule has 0 aliphatic heterocycles. The van der Waals surface area contributed by atoms with Crippen LogP contribution in [0.15, 0.2) is 60.7 Å². The van der Waals surface area contributed by atoms with Gasteiger partial charge in [-0.05, 0) is 19.1 Å². The molecule has 1 heterocycles. The Labute approximate surface area is 122 Å². The van der Waals surface area contributed by atoms with Crippen molar-refractivity contribution in [1.82, 2.24) is 9.97 Å². The van der Waals surface area contributed by atoms with Gasteiger partial charge in [0.1, 0.15) is 0 Å². The van der Waals surface area contributed by atoms with Crippen molar-refractivity contribution in [3.63, 3.8) is 0 Å². The van der Waals surface area contributed by atoms with Crippen LogP contribution in [0.4, 0.5) is 0 Å². The maximum Gasteiger partial charge on any atom is 0.223 e. The van der Waals surface area contributed by atoms with E-state index in [-0.39, 0.29) is 5.75 Å². The van der Waals surface area contributed by atoms with Gasteiger partial charge in [-0.15, -0.1) is 0 Å². The SMILES string of the molecule is Cc1cc(Oc2ccccc2O)nc(-c2ccccc2)n1. The topological polar surface area (TPSA) is 55.2 Å². The fourth-order valence-electron chi connectivity index (χ4n) is 1.96. The smallest absolute Gasteiger partial charge is 0.223 e. The minimum atomic E-state index is 0.0787. The molecule has 21 heavy (non-hydrogen) atoms. The fourth-order valence-corrected chi connectivity index (χ4v) is 1.96. The summed E-state index contributed by atoms with van der Waals surface area (Å²) in [5.74, 6) is 1.45. The molecule has 0 fully saturated rings. The van der Waals surface area contributed by atoms with Gasteiger partial charge in [0.2, 0.25) is 5.88 Å². The summed E-state index contributed by atoms with van der Waals surface area (Å²) in [7, 11) is 0. The Morgan fingerprint density at radius 2 is 1.62 bits per heavy atom.